The van der Waals surface area contributed by atoms with Gasteiger partial charge in [-0.2, -0.15) is 5.10 Å². The largest absolute Gasteiger partial charge is 0.322 e. The van der Waals surface area contributed by atoms with Crippen molar-refractivity contribution in [1.82, 2.24) is 24.7 Å². The lowest BCUT2D eigenvalue weighted by molar-refractivity contribution is 0.102. The van der Waals surface area contributed by atoms with Crippen molar-refractivity contribution in [3.05, 3.63) is 74.6 Å². The average Bonchev–Trinajstić information content (AvgIpc) is 3.15. The Morgan fingerprint density at radius 1 is 1.17 bits per heavy atom. The van der Waals surface area contributed by atoms with E-state index in [2.05, 4.69) is 25.5 Å². The third kappa shape index (κ3) is 3.45. The Morgan fingerprint density at radius 2 is 2.00 bits per heavy atom. The summed E-state index contributed by atoms with van der Waals surface area (Å²) in [6.45, 7) is 3.95. The SMILES string of the molecule is CCn1c(=O)c(=O)[nH]c2cc(C(=O)Nc3cccc(-c4n[nH]c(C)n4)c3)ccc21. The number of carbonyl (C=O) groups is 1. The highest BCUT2D eigenvalue weighted by molar-refractivity contribution is 6.06. The number of aromatic amines is 2. The summed E-state index contributed by atoms with van der Waals surface area (Å²) in [6, 6.07) is 12.0. The molecule has 2 aromatic heterocycles. The Morgan fingerprint density at radius 3 is 2.72 bits per heavy atom. The predicted octanol–water partition coefficient (Wildman–Crippen LogP) is 2.06. The summed E-state index contributed by atoms with van der Waals surface area (Å²) in [5, 5.41) is 9.74. The topological polar surface area (TPSA) is 126 Å². The van der Waals surface area contributed by atoms with Crippen molar-refractivity contribution < 1.29 is 4.79 Å². The zero-order chi connectivity index (χ0) is 20.5. The summed E-state index contributed by atoms with van der Waals surface area (Å²) in [5.74, 6) is 0.898. The molecule has 0 spiro atoms. The maximum absolute atomic E-state index is 12.7. The van der Waals surface area contributed by atoms with Gasteiger partial charge in [-0.1, -0.05) is 12.1 Å². The molecule has 0 aliphatic rings. The van der Waals surface area contributed by atoms with Crippen LogP contribution in [0.25, 0.3) is 22.4 Å². The van der Waals surface area contributed by atoms with Gasteiger partial charge in [0.1, 0.15) is 5.82 Å². The molecule has 9 heteroatoms. The van der Waals surface area contributed by atoms with Crippen LogP contribution in [-0.4, -0.2) is 30.6 Å². The van der Waals surface area contributed by atoms with E-state index in [-0.39, 0.29) is 5.91 Å². The first-order valence-corrected chi connectivity index (χ1v) is 9.04. The van der Waals surface area contributed by atoms with E-state index in [4.69, 9.17) is 0 Å². The number of rotatable bonds is 4. The number of carbonyl (C=O) groups excluding carboxylic acids is 1. The van der Waals surface area contributed by atoms with E-state index in [1.54, 1.807) is 43.3 Å². The second kappa shape index (κ2) is 7.19. The molecule has 9 nitrogen and oxygen atoms in total. The van der Waals surface area contributed by atoms with E-state index in [9.17, 15) is 14.4 Å². The molecular weight excluding hydrogens is 372 g/mol. The number of anilines is 1. The van der Waals surface area contributed by atoms with Gasteiger partial charge in [0.2, 0.25) is 0 Å². The van der Waals surface area contributed by atoms with E-state index in [1.807, 2.05) is 13.0 Å². The lowest BCUT2D eigenvalue weighted by atomic mass is 10.1. The van der Waals surface area contributed by atoms with Crippen LogP contribution in [0.5, 0.6) is 0 Å². The molecule has 29 heavy (non-hydrogen) atoms. The molecule has 3 N–H and O–H groups in total. The van der Waals surface area contributed by atoms with Crippen LogP contribution < -0.4 is 16.4 Å². The van der Waals surface area contributed by atoms with Gasteiger partial charge >= 0.3 is 11.1 Å². The Labute approximate surface area is 164 Å². The van der Waals surface area contributed by atoms with Crippen molar-refractivity contribution >= 4 is 22.6 Å². The minimum Gasteiger partial charge on any atom is -0.322 e. The molecule has 0 unspecified atom stereocenters. The van der Waals surface area contributed by atoms with Crippen LogP contribution in [0.4, 0.5) is 5.69 Å². The number of hydrogen-bond donors (Lipinski definition) is 3. The molecule has 4 rings (SSSR count). The van der Waals surface area contributed by atoms with Gasteiger partial charge in [0.15, 0.2) is 5.82 Å². The predicted molar refractivity (Wildman–Crippen MR) is 109 cm³/mol. The fourth-order valence-electron chi connectivity index (χ4n) is 3.15. The second-order valence-electron chi connectivity index (χ2n) is 6.51. The zero-order valence-electron chi connectivity index (χ0n) is 15.8. The van der Waals surface area contributed by atoms with Crippen molar-refractivity contribution in [3.8, 4) is 11.4 Å². The Balaban J connectivity index is 1.65. The number of aryl methyl sites for hydroxylation is 2. The molecule has 2 aromatic carbocycles. The van der Waals surface area contributed by atoms with E-state index in [0.717, 1.165) is 5.56 Å². The first-order chi connectivity index (χ1) is 14.0. The molecule has 0 bridgehead atoms. The maximum Gasteiger partial charge on any atom is 0.316 e. The summed E-state index contributed by atoms with van der Waals surface area (Å²) in [5.41, 5.74) is 1.37. The zero-order valence-corrected chi connectivity index (χ0v) is 15.8. The fourth-order valence-corrected chi connectivity index (χ4v) is 3.15. The van der Waals surface area contributed by atoms with Crippen molar-refractivity contribution in [2.24, 2.45) is 0 Å². The molecule has 0 saturated carbocycles. The van der Waals surface area contributed by atoms with Gasteiger partial charge in [0, 0.05) is 23.4 Å². The van der Waals surface area contributed by atoms with Crippen LogP contribution in [0.15, 0.2) is 52.1 Å². The van der Waals surface area contributed by atoms with Crippen LogP contribution in [0.1, 0.15) is 23.1 Å². The normalized spacial score (nSPS) is 11.0. The van der Waals surface area contributed by atoms with Crippen molar-refractivity contribution in [2.45, 2.75) is 20.4 Å². The number of hydrogen-bond acceptors (Lipinski definition) is 5. The molecule has 0 aliphatic heterocycles. The minimum atomic E-state index is -0.716. The van der Waals surface area contributed by atoms with Crippen LogP contribution in [0.2, 0.25) is 0 Å². The number of fused-ring (bicyclic) bond motifs is 1. The van der Waals surface area contributed by atoms with Crippen LogP contribution in [-0.2, 0) is 6.54 Å². The number of nitrogens with zero attached hydrogens (tertiary/aromatic N) is 3. The van der Waals surface area contributed by atoms with Gasteiger partial charge in [-0.25, -0.2) is 4.98 Å². The number of nitrogens with one attached hydrogen (secondary N) is 3. The molecule has 0 saturated heterocycles. The van der Waals surface area contributed by atoms with Gasteiger partial charge in [-0.15, -0.1) is 0 Å². The van der Waals surface area contributed by atoms with Gasteiger partial charge in [-0.05, 0) is 44.2 Å². The molecule has 1 amide bonds. The monoisotopic (exact) mass is 390 g/mol. The van der Waals surface area contributed by atoms with E-state index < -0.39 is 11.1 Å². The number of aromatic nitrogens is 5. The summed E-state index contributed by atoms with van der Waals surface area (Å²) >= 11 is 0. The van der Waals surface area contributed by atoms with Gasteiger partial charge in [0.25, 0.3) is 5.91 Å². The molecule has 0 aliphatic carbocycles. The molecule has 0 radical (unpaired) electrons. The molecule has 2 heterocycles. The third-order valence-corrected chi connectivity index (χ3v) is 4.53. The van der Waals surface area contributed by atoms with Gasteiger partial charge in [-0.3, -0.25) is 19.5 Å². The summed E-state index contributed by atoms with van der Waals surface area (Å²) < 4.78 is 1.37. The number of amides is 1. The third-order valence-electron chi connectivity index (χ3n) is 4.53. The van der Waals surface area contributed by atoms with Crippen LogP contribution >= 0.6 is 0 Å². The highest BCUT2D eigenvalue weighted by Gasteiger charge is 2.12. The molecule has 0 atom stereocenters. The first kappa shape index (κ1) is 18.4. The van der Waals surface area contributed by atoms with Crippen molar-refractivity contribution in [3.63, 3.8) is 0 Å². The number of H-pyrrole nitrogens is 2. The van der Waals surface area contributed by atoms with E-state index >= 15 is 0 Å². The number of benzene rings is 2. The van der Waals surface area contributed by atoms with Gasteiger partial charge in [0.05, 0.1) is 11.0 Å². The molecular formula is C20H18N6O3. The fraction of sp³-hybridized carbons (Fsp3) is 0.150. The van der Waals surface area contributed by atoms with Crippen LogP contribution in [0.3, 0.4) is 0 Å². The Bertz CT molecular complexity index is 1350. The summed E-state index contributed by atoms with van der Waals surface area (Å²) in [7, 11) is 0. The van der Waals surface area contributed by atoms with E-state index in [0.29, 0.717) is 40.5 Å². The van der Waals surface area contributed by atoms with Crippen LogP contribution in [0, 0.1) is 6.92 Å². The lowest BCUT2D eigenvalue weighted by Crippen LogP contribution is -2.36. The van der Waals surface area contributed by atoms with Gasteiger partial charge < -0.3 is 14.9 Å². The molecule has 146 valence electrons. The quantitative estimate of drug-likeness (QED) is 0.460. The molecule has 4 aromatic rings. The first-order valence-electron chi connectivity index (χ1n) is 9.04. The lowest BCUT2D eigenvalue weighted by Gasteiger charge is -2.10. The van der Waals surface area contributed by atoms with E-state index in [1.165, 1.54) is 4.57 Å². The standard InChI is InChI=1S/C20H18N6O3/c1-3-26-16-8-7-13(10-15(16)23-19(28)20(26)29)18(27)22-14-6-4-5-12(9-14)17-21-11(2)24-25-17/h4-10H,3H2,1-2H3,(H,22,27)(H,23,28)(H,21,24,25). The second-order valence-corrected chi connectivity index (χ2v) is 6.51. The Hall–Kier alpha value is -4.01. The van der Waals surface area contributed by atoms with Crippen molar-refractivity contribution in [2.75, 3.05) is 5.32 Å². The smallest absolute Gasteiger partial charge is 0.316 e. The molecule has 0 fully saturated rings. The highest BCUT2D eigenvalue weighted by atomic mass is 16.2. The summed E-state index contributed by atoms with van der Waals surface area (Å²) in [6.07, 6.45) is 0. The minimum absolute atomic E-state index is 0.342. The highest BCUT2D eigenvalue weighted by Crippen LogP contribution is 2.20. The maximum atomic E-state index is 12.7. The Kier molecular flexibility index (Phi) is 4.55. The summed E-state index contributed by atoms with van der Waals surface area (Å²) in [4.78, 5) is 43.3. The average molecular weight is 390 g/mol. The van der Waals surface area contributed by atoms with Crippen molar-refractivity contribution in [1.29, 1.82) is 0 Å².